The van der Waals surface area contributed by atoms with Gasteiger partial charge in [-0.3, -0.25) is 4.99 Å². The van der Waals surface area contributed by atoms with Gasteiger partial charge in [-0.2, -0.15) is 0 Å². The molecule has 1 heterocycles. The molecule has 6 heteroatoms. The van der Waals surface area contributed by atoms with Crippen molar-refractivity contribution in [2.75, 3.05) is 27.7 Å². The Labute approximate surface area is 155 Å². The van der Waals surface area contributed by atoms with Gasteiger partial charge in [0.05, 0.1) is 12.2 Å². The van der Waals surface area contributed by atoms with E-state index in [1.54, 1.807) is 18.4 Å². The van der Waals surface area contributed by atoms with Crippen molar-refractivity contribution in [1.82, 2.24) is 15.2 Å². The van der Waals surface area contributed by atoms with Crippen molar-refractivity contribution < 1.29 is 4.74 Å². The lowest BCUT2D eigenvalue weighted by Gasteiger charge is -2.24. The van der Waals surface area contributed by atoms with Gasteiger partial charge in [0.2, 0.25) is 0 Å². The summed E-state index contributed by atoms with van der Waals surface area (Å²) in [6.45, 7) is 3.82. The number of ether oxygens (including phenoxy) is 1. The van der Waals surface area contributed by atoms with E-state index in [1.165, 1.54) is 32.1 Å². The summed E-state index contributed by atoms with van der Waals surface area (Å²) in [5.74, 6) is 3.93. The van der Waals surface area contributed by atoms with Crippen molar-refractivity contribution >= 4 is 17.3 Å². The highest BCUT2D eigenvalue weighted by atomic mass is 32.1. The van der Waals surface area contributed by atoms with Gasteiger partial charge in [-0.25, -0.2) is 4.98 Å². The van der Waals surface area contributed by atoms with Gasteiger partial charge in [-0.15, -0.1) is 11.3 Å². The quantitative estimate of drug-likeness (QED) is 0.592. The maximum Gasteiger partial charge on any atom is 0.193 e. The standard InChI is InChI=1S/C19H32N4OS/c1-13(24-4)18-22-17(12-25-18)11-23(3)19(20-2)21-8-7-16-10-14-5-6-15(16)9-14/h12-16H,5-11H2,1-4H3,(H,20,21). The van der Waals surface area contributed by atoms with E-state index in [9.17, 15) is 0 Å². The van der Waals surface area contributed by atoms with Gasteiger partial charge >= 0.3 is 0 Å². The molecule has 2 bridgehead atoms. The molecule has 1 N–H and O–H groups in total. The predicted octanol–water partition coefficient (Wildman–Crippen LogP) is 3.68. The van der Waals surface area contributed by atoms with Gasteiger partial charge in [0.25, 0.3) is 0 Å². The van der Waals surface area contributed by atoms with E-state index in [2.05, 4.69) is 32.6 Å². The van der Waals surface area contributed by atoms with Crippen LogP contribution in [-0.2, 0) is 11.3 Å². The van der Waals surface area contributed by atoms with Crippen molar-refractivity contribution in [3.63, 3.8) is 0 Å². The number of nitrogens with one attached hydrogen (secondary N) is 1. The van der Waals surface area contributed by atoms with Crippen LogP contribution in [0.2, 0.25) is 0 Å². The van der Waals surface area contributed by atoms with E-state index < -0.39 is 0 Å². The maximum atomic E-state index is 5.34. The first kappa shape index (κ1) is 18.6. The number of aliphatic imine (C=N–C) groups is 1. The normalized spacial score (nSPS) is 26.9. The molecule has 2 aliphatic carbocycles. The van der Waals surface area contributed by atoms with Gasteiger partial charge < -0.3 is 15.0 Å². The van der Waals surface area contributed by atoms with Crippen LogP contribution in [0.1, 0.15) is 55.8 Å². The van der Waals surface area contributed by atoms with Crippen LogP contribution in [0.15, 0.2) is 10.4 Å². The minimum absolute atomic E-state index is 0.0586. The molecule has 0 aromatic carbocycles. The SMILES string of the molecule is CN=C(NCCC1CC2CCC1C2)N(C)Cc1csc(C(C)OC)n1. The Morgan fingerprint density at radius 1 is 1.48 bits per heavy atom. The Bertz CT molecular complexity index is 588. The minimum atomic E-state index is 0.0586. The third-order valence-electron chi connectivity index (χ3n) is 5.93. The van der Waals surface area contributed by atoms with Crippen LogP contribution in [0.4, 0.5) is 0 Å². The molecular weight excluding hydrogens is 332 g/mol. The van der Waals surface area contributed by atoms with Crippen molar-refractivity contribution in [2.24, 2.45) is 22.7 Å². The van der Waals surface area contributed by atoms with Crippen LogP contribution < -0.4 is 5.32 Å². The molecule has 1 aromatic heterocycles. The summed E-state index contributed by atoms with van der Waals surface area (Å²) in [5, 5.41) is 6.69. The van der Waals surface area contributed by atoms with Crippen molar-refractivity contribution in [3.8, 4) is 0 Å². The molecule has 3 rings (SSSR count). The predicted molar refractivity (Wildman–Crippen MR) is 104 cm³/mol. The maximum absolute atomic E-state index is 5.34. The monoisotopic (exact) mass is 364 g/mol. The van der Waals surface area contributed by atoms with E-state index in [1.807, 2.05) is 14.0 Å². The van der Waals surface area contributed by atoms with Crippen molar-refractivity contribution in [2.45, 2.75) is 51.7 Å². The molecule has 4 atom stereocenters. The number of thiazole rings is 1. The molecule has 2 fully saturated rings. The summed E-state index contributed by atoms with van der Waals surface area (Å²) in [6.07, 6.45) is 7.24. The number of nitrogens with zero attached hydrogens (tertiary/aromatic N) is 3. The molecular formula is C19H32N4OS. The van der Waals surface area contributed by atoms with Crippen LogP contribution in [0.3, 0.4) is 0 Å². The number of fused-ring (bicyclic) bond motifs is 2. The fourth-order valence-corrected chi connectivity index (χ4v) is 5.33. The van der Waals surface area contributed by atoms with Gasteiger partial charge in [-0.1, -0.05) is 6.42 Å². The summed E-state index contributed by atoms with van der Waals surface area (Å²) < 4.78 is 5.34. The third kappa shape index (κ3) is 4.53. The Balaban J connectivity index is 1.44. The summed E-state index contributed by atoms with van der Waals surface area (Å²) in [4.78, 5) is 11.3. The number of hydrogen-bond donors (Lipinski definition) is 1. The average molecular weight is 365 g/mol. The second-order valence-electron chi connectivity index (χ2n) is 7.61. The molecule has 0 saturated heterocycles. The Kier molecular flexibility index (Phi) is 6.34. The molecule has 2 saturated carbocycles. The van der Waals surface area contributed by atoms with E-state index in [0.29, 0.717) is 0 Å². The zero-order chi connectivity index (χ0) is 17.8. The average Bonchev–Trinajstić information content (AvgIpc) is 3.34. The second kappa shape index (κ2) is 8.49. The number of rotatable bonds is 7. The Morgan fingerprint density at radius 2 is 2.32 bits per heavy atom. The zero-order valence-corrected chi connectivity index (χ0v) is 16.8. The Morgan fingerprint density at radius 3 is 2.96 bits per heavy atom. The van der Waals surface area contributed by atoms with Crippen LogP contribution in [0, 0.1) is 17.8 Å². The lowest BCUT2D eigenvalue weighted by molar-refractivity contribution is 0.119. The number of aromatic nitrogens is 1. The molecule has 5 nitrogen and oxygen atoms in total. The fraction of sp³-hybridized carbons (Fsp3) is 0.789. The van der Waals surface area contributed by atoms with E-state index >= 15 is 0 Å². The van der Waals surface area contributed by atoms with Crippen LogP contribution in [0.25, 0.3) is 0 Å². The van der Waals surface area contributed by atoms with Crippen LogP contribution in [0.5, 0.6) is 0 Å². The third-order valence-corrected chi connectivity index (χ3v) is 6.98. The summed E-state index contributed by atoms with van der Waals surface area (Å²) in [7, 11) is 5.65. The molecule has 0 radical (unpaired) electrons. The first-order valence-electron chi connectivity index (χ1n) is 9.49. The highest BCUT2D eigenvalue weighted by Crippen LogP contribution is 2.49. The molecule has 140 valence electrons. The van der Waals surface area contributed by atoms with Gasteiger partial charge in [-0.05, 0) is 50.4 Å². The highest BCUT2D eigenvalue weighted by molar-refractivity contribution is 7.09. The minimum Gasteiger partial charge on any atom is -0.375 e. The van der Waals surface area contributed by atoms with Gasteiger partial charge in [0.15, 0.2) is 5.96 Å². The number of hydrogen-bond acceptors (Lipinski definition) is 4. The number of methoxy groups -OCH3 is 1. The van der Waals surface area contributed by atoms with Gasteiger partial charge in [0, 0.05) is 33.1 Å². The molecule has 4 unspecified atom stereocenters. The molecule has 25 heavy (non-hydrogen) atoms. The zero-order valence-electron chi connectivity index (χ0n) is 16.0. The second-order valence-corrected chi connectivity index (χ2v) is 8.50. The molecule has 0 aliphatic heterocycles. The van der Waals surface area contributed by atoms with E-state index in [4.69, 9.17) is 4.74 Å². The number of guanidine groups is 1. The lowest BCUT2D eigenvalue weighted by atomic mass is 9.86. The summed E-state index contributed by atoms with van der Waals surface area (Å²) >= 11 is 1.66. The topological polar surface area (TPSA) is 49.8 Å². The molecule has 0 spiro atoms. The first-order chi connectivity index (χ1) is 12.1. The molecule has 0 amide bonds. The van der Waals surface area contributed by atoms with Crippen molar-refractivity contribution in [1.29, 1.82) is 0 Å². The van der Waals surface area contributed by atoms with Crippen LogP contribution >= 0.6 is 11.3 Å². The fourth-order valence-electron chi connectivity index (χ4n) is 4.48. The lowest BCUT2D eigenvalue weighted by Crippen LogP contribution is -2.39. The van der Waals surface area contributed by atoms with E-state index in [-0.39, 0.29) is 6.10 Å². The summed E-state index contributed by atoms with van der Waals surface area (Å²) in [6, 6.07) is 0. The Hall–Kier alpha value is -1.14. The van der Waals surface area contributed by atoms with Gasteiger partial charge in [0.1, 0.15) is 11.1 Å². The smallest absolute Gasteiger partial charge is 0.193 e. The summed E-state index contributed by atoms with van der Waals surface area (Å²) in [5.41, 5.74) is 1.07. The highest BCUT2D eigenvalue weighted by Gasteiger charge is 2.38. The molecule has 2 aliphatic rings. The van der Waals surface area contributed by atoms with E-state index in [0.717, 1.165) is 47.5 Å². The van der Waals surface area contributed by atoms with Crippen LogP contribution in [-0.4, -0.2) is 43.6 Å². The first-order valence-corrected chi connectivity index (χ1v) is 10.4. The van der Waals surface area contributed by atoms with Crippen molar-refractivity contribution in [3.05, 3.63) is 16.1 Å². The molecule has 1 aromatic rings. The largest absolute Gasteiger partial charge is 0.375 e.